The van der Waals surface area contributed by atoms with E-state index >= 15 is 0 Å². The van der Waals surface area contributed by atoms with E-state index in [0.717, 1.165) is 21.9 Å². The van der Waals surface area contributed by atoms with Crippen molar-refractivity contribution < 1.29 is 10.2 Å². The molecule has 4 N–H and O–H groups in total. The molecule has 0 spiro atoms. The molecule has 168 valence electrons. The molecule has 0 radical (unpaired) electrons. The summed E-state index contributed by atoms with van der Waals surface area (Å²) in [5.74, 6) is 0.656. The minimum absolute atomic E-state index is 0. The van der Waals surface area contributed by atoms with Gasteiger partial charge in [0.15, 0.2) is 0 Å². The van der Waals surface area contributed by atoms with Crippen LogP contribution in [0.15, 0.2) is 24.3 Å². The van der Waals surface area contributed by atoms with Crippen molar-refractivity contribution in [2.24, 2.45) is 0 Å². The zero-order chi connectivity index (χ0) is 19.3. The molecule has 0 amide bonds. The zero-order valence-electron chi connectivity index (χ0n) is 17.7. The predicted octanol–water partition coefficient (Wildman–Crippen LogP) is 5.94. The molecule has 2 aliphatic carbocycles. The number of hydrogen-bond acceptors (Lipinski definition) is 4. The van der Waals surface area contributed by atoms with Crippen LogP contribution in [0.1, 0.15) is 75.3 Å². The van der Waals surface area contributed by atoms with Gasteiger partial charge in [-0.05, 0) is 43.2 Å². The van der Waals surface area contributed by atoms with Crippen molar-refractivity contribution in [1.82, 2.24) is 10.6 Å². The lowest BCUT2D eigenvalue weighted by atomic mass is 9.94. The van der Waals surface area contributed by atoms with Crippen LogP contribution in [0.3, 0.4) is 0 Å². The normalized spacial score (nSPS) is 18.0. The summed E-state index contributed by atoms with van der Waals surface area (Å²) in [6.07, 6.45) is 12.8. The van der Waals surface area contributed by atoms with Gasteiger partial charge in [0.25, 0.3) is 0 Å². The Labute approximate surface area is 192 Å². The van der Waals surface area contributed by atoms with Gasteiger partial charge in [-0.25, -0.2) is 0 Å². The molecule has 2 saturated carbocycles. The largest absolute Gasteiger partial charge is 0.508 e. The molecule has 4 rings (SSSR count). The van der Waals surface area contributed by atoms with E-state index in [0.29, 0.717) is 36.7 Å². The fourth-order valence-corrected chi connectivity index (χ4v) is 4.93. The second kappa shape index (κ2) is 12.0. The molecule has 2 fully saturated rings. The summed E-state index contributed by atoms with van der Waals surface area (Å²) in [6.45, 7) is 1.34. The maximum atomic E-state index is 10.9. The van der Waals surface area contributed by atoms with Gasteiger partial charge in [-0.3, -0.25) is 0 Å². The van der Waals surface area contributed by atoms with E-state index < -0.39 is 0 Å². The minimum atomic E-state index is 0. The number of nitrogens with one attached hydrogen (secondary N) is 2. The van der Waals surface area contributed by atoms with Crippen LogP contribution in [-0.2, 0) is 13.1 Å². The molecule has 30 heavy (non-hydrogen) atoms. The second-order valence-corrected chi connectivity index (χ2v) is 8.66. The summed E-state index contributed by atoms with van der Waals surface area (Å²) < 4.78 is 0. The summed E-state index contributed by atoms with van der Waals surface area (Å²) in [5, 5.41) is 30.3. The fraction of sp³-hybridized carbons (Fsp3) is 0.583. The first-order valence-corrected chi connectivity index (χ1v) is 11.1. The summed E-state index contributed by atoms with van der Waals surface area (Å²) in [7, 11) is 0. The van der Waals surface area contributed by atoms with Gasteiger partial charge in [-0.15, -0.1) is 24.8 Å². The molecule has 6 heteroatoms. The van der Waals surface area contributed by atoms with Crippen molar-refractivity contribution in [2.75, 3.05) is 0 Å². The number of aromatic hydroxyl groups is 2. The Hall–Kier alpha value is -1.20. The smallest absolute Gasteiger partial charge is 0.127 e. The third-order valence-electron chi connectivity index (χ3n) is 6.70. The highest BCUT2D eigenvalue weighted by Gasteiger charge is 2.17. The molecule has 0 unspecified atom stereocenters. The average Bonchev–Trinajstić information content (AvgIpc) is 2.74. The maximum absolute atomic E-state index is 10.9. The number of fused-ring (bicyclic) bond motifs is 1. The summed E-state index contributed by atoms with van der Waals surface area (Å²) in [5.41, 5.74) is 1.83. The zero-order valence-corrected chi connectivity index (χ0v) is 19.3. The predicted molar refractivity (Wildman–Crippen MR) is 129 cm³/mol. The van der Waals surface area contributed by atoms with E-state index in [9.17, 15) is 10.2 Å². The molecule has 0 heterocycles. The van der Waals surface area contributed by atoms with E-state index in [2.05, 4.69) is 16.7 Å². The first-order valence-electron chi connectivity index (χ1n) is 11.1. The Kier molecular flexibility index (Phi) is 10.0. The van der Waals surface area contributed by atoms with Crippen LogP contribution in [0.2, 0.25) is 0 Å². The van der Waals surface area contributed by atoms with Crippen molar-refractivity contribution in [3.8, 4) is 11.5 Å². The Morgan fingerprint density at radius 1 is 0.667 bits per heavy atom. The quantitative estimate of drug-likeness (QED) is 0.435. The first-order chi connectivity index (χ1) is 13.7. The Morgan fingerprint density at radius 2 is 1.20 bits per heavy atom. The first kappa shape index (κ1) is 25.1. The highest BCUT2D eigenvalue weighted by molar-refractivity contribution is 5.93. The van der Waals surface area contributed by atoms with Gasteiger partial charge in [0.2, 0.25) is 0 Å². The Balaban J connectivity index is 0.00000160. The molecule has 2 aliphatic rings. The lowest BCUT2D eigenvalue weighted by Crippen LogP contribution is -2.30. The van der Waals surface area contributed by atoms with Gasteiger partial charge in [-0.1, -0.05) is 50.7 Å². The topological polar surface area (TPSA) is 64.5 Å². The fourth-order valence-electron chi connectivity index (χ4n) is 4.93. The highest BCUT2D eigenvalue weighted by atomic mass is 35.5. The van der Waals surface area contributed by atoms with E-state index in [-0.39, 0.29) is 24.8 Å². The second-order valence-electron chi connectivity index (χ2n) is 8.66. The Bertz CT molecular complexity index is 803. The molecule has 0 aromatic heterocycles. The van der Waals surface area contributed by atoms with Crippen LogP contribution >= 0.6 is 24.8 Å². The van der Waals surface area contributed by atoms with Crippen LogP contribution in [0.25, 0.3) is 10.8 Å². The van der Waals surface area contributed by atoms with E-state index in [4.69, 9.17) is 0 Å². The molecule has 0 atom stereocenters. The van der Waals surface area contributed by atoms with Gasteiger partial charge in [0.05, 0.1) is 0 Å². The van der Waals surface area contributed by atoms with Crippen molar-refractivity contribution in [1.29, 1.82) is 0 Å². The molecule has 0 saturated heterocycles. The van der Waals surface area contributed by atoms with Gasteiger partial charge in [-0.2, -0.15) is 0 Å². The standard InChI is InChI=1S/C24H34N2O2.2ClH/c27-23-14-13-21-20(22(23)16-26-19-9-5-2-6-10-19)12-11-17(24(21)28)15-25-18-7-3-1-4-8-18;;/h11-14,18-19,25-28H,1-10,15-16H2;2*1H. The van der Waals surface area contributed by atoms with E-state index in [1.807, 2.05) is 12.1 Å². The number of rotatable bonds is 6. The van der Waals surface area contributed by atoms with Gasteiger partial charge in [0, 0.05) is 41.7 Å². The van der Waals surface area contributed by atoms with Crippen LogP contribution in [0.5, 0.6) is 11.5 Å². The van der Waals surface area contributed by atoms with Crippen LogP contribution in [0.4, 0.5) is 0 Å². The summed E-state index contributed by atoms with van der Waals surface area (Å²) >= 11 is 0. The highest BCUT2D eigenvalue weighted by Crippen LogP contribution is 2.35. The number of phenols is 2. The number of halogens is 2. The molecule has 0 bridgehead atoms. The maximum Gasteiger partial charge on any atom is 0.127 e. The summed E-state index contributed by atoms with van der Waals surface area (Å²) in [4.78, 5) is 0. The number of benzene rings is 2. The molecule has 2 aromatic carbocycles. The third-order valence-corrected chi connectivity index (χ3v) is 6.70. The average molecular weight is 455 g/mol. The van der Waals surface area contributed by atoms with Gasteiger partial charge in [0.1, 0.15) is 11.5 Å². The molecular weight excluding hydrogens is 419 g/mol. The van der Waals surface area contributed by atoms with Gasteiger partial charge < -0.3 is 20.8 Å². The van der Waals surface area contributed by atoms with Crippen molar-refractivity contribution in [2.45, 2.75) is 89.4 Å². The Morgan fingerprint density at radius 3 is 1.80 bits per heavy atom. The van der Waals surface area contributed by atoms with E-state index in [1.54, 1.807) is 6.07 Å². The lowest BCUT2D eigenvalue weighted by molar-refractivity contribution is 0.369. The van der Waals surface area contributed by atoms with Crippen LogP contribution in [-0.4, -0.2) is 22.3 Å². The molecule has 2 aromatic rings. The minimum Gasteiger partial charge on any atom is -0.508 e. The van der Waals surface area contributed by atoms with Crippen LogP contribution < -0.4 is 10.6 Å². The van der Waals surface area contributed by atoms with Crippen molar-refractivity contribution >= 4 is 35.6 Å². The van der Waals surface area contributed by atoms with Crippen molar-refractivity contribution in [3.05, 3.63) is 35.4 Å². The monoisotopic (exact) mass is 454 g/mol. The van der Waals surface area contributed by atoms with Gasteiger partial charge >= 0.3 is 0 Å². The third kappa shape index (κ3) is 5.94. The lowest BCUT2D eigenvalue weighted by Gasteiger charge is -2.24. The van der Waals surface area contributed by atoms with Crippen LogP contribution in [0, 0.1) is 0 Å². The SMILES string of the molecule is Cl.Cl.Oc1ccc2c(O)c(CNC3CCCCC3)ccc2c1CNC1CCCCC1. The number of hydrogen-bond donors (Lipinski definition) is 4. The van der Waals surface area contributed by atoms with E-state index in [1.165, 1.54) is 64.2 Å². The van der Waals surface area contributed by atoms with Crippen molar-refractivity contribution in [3.63, 3.8) is 0 Å². The molecule has 0 aliphatic heterocycles. The summed E-state index contributed by atoms with van der Waals surface area (Å²) in [6, 6.07) is 8.74. The molecular formula is C24H36Cl2N2O2. The molecule has 4 nitrogen and oxygen atoms in total. The number of phenolic OH excluding ortho intramolecular Hbond substituents is 2.